The highest BCUT2D eigenvalue weighted by Gasteiger charge is 2.14. The lowest BCUT2D eigenvalue weighted by Gasteiger charge is -2.11. The fourth-order valence-electron chi connectivity index (χ4n) is 2.29. The van der Waals surface area contributed by atoms with Crippen LogP contribution in [0.15, 0.2) is 54.9 Å². The molecule has 0 spiro atoms. The summed E-state index contributed by atoms with van der Waals surface area (Å²) in [5, 5.41) is 5.48. The van der Waals surface area contributed by atoms with Crippen molar-refractivity contribution < 1.29 is 13.6 Å². The molecule has 0 saturated heterocycles. The number of hydrogen-bond donors (Lipinski definition) is 3. The summed E-state index contributed by atoms with van der Waals surface area (Å²) in [4.78, 5) is 19.7. The van der Waals surface area contributed by atoms with E-state index in [1.165, 1.54) is 30.5 Å². The zero-order valence-electron chi connectivity index (χ0n) is 13.5. The van der Waals surface area contributed by atoms with Gasteiger partial charge in [0.15, 0.2) is 11.5 Å². The molecule has 0 atom stereocenters. The Bertz CT molecular complexity index is 948. The average Bonchev–Trinajstić information content (AvgIpc) is 2.63. The summed E-state index contributed by atoms with van der Waals surface area (Å²) in [5.41, 5.74) is 6.58. The number of rotatable bonds is 5. The van der Waals surface area contributed by atoms with Gasteiger partial charge >= 0.3 is 0 Å². The number of carbonyl (C=O) groups is 1. The molecule has 0 saturated carbocycles. The second kappa shape index (κ2) is 7.56. The van der Waals surface area contributed by atoms with Crippen molar-refractivity contribution >= 4 is 23.1 Å². The Hall–Kier alpha value is -3.55. The van der Waals surface area contributed by atoms with Crippen LogP contribution in [0.3, 0.4) is 0 Å². The standard InChI is InChI=1S/C18H15F2N5O/c19-13-6-5-12(25-18(26)16-14(20)3-1-7-22-16)9-11(13)10-24-15-4-2-8-23-17(15)21/h1-9,24H,10H2,(H2,21,23)(H,25,26). The molecule has 4 N–H and O–H groups in total. The number of nitrogen functional groups attached to an aromatic ring is 1. The van der Waals surface area contributed by atoms with Crippen LogP contribution in [0.5, 0.6) is 0 Å². The Kier molecular flexibility index (Phi) is 5.02. The third-order valence-corrected chi connectivity index (χ3v) is 3.58. The molecule has 6 nitrogen and oxygen atoms in total. The molecule has 2 heterocycles. The van der Waals surface area contributed by atoms with E-state index in [2.05, 4.69) is 20.6 Å². The molecule has 3 rings (SSSR count). The molecule has 2 aromatic heterocycles. The van der Waals surface area contributed by atoms with Crippen molar-refractivity contribution in [3.05, 3.63) is 77.8 Å². The van der Waals surface area contributed by atoms with Crippen LogP contribution < -0.4 is 16.4 Å². The number of carbonyl (C=O) groups excluding carboxylic acids is 1. The Morgan fingerprint density at radius 1 is 1.04 bits per heavy atom. The average molecular weight is 355 g/mol. The molecule has 26 heavy (non-hydrogen) atoms. The van der Waals surface area contributed by atoms with E-state index in [0.29, 0.717) is 22.8 Å². The molecule has 0 aliphatic carbocycles. The summed E-state index contributed by atoms with van der Waals surface area (Å²) in [5.74, 6) is -1.61. The highest BCUT2D eigenvalue weighted by atomic mass is 19.1. The van der Waals surface area contributed by atoms with E-state index in [0.717, 1.165) is 6.07 Å². The molecule has 0 aliphatic heterocycles. The molecule has 1 aromatic carbocycles. The SMILES string of the molecule is Nc1ncccc1NCc1cc(NC(=O)c2ncccc2F)ccc1F. The molecule has 8 heteroatoms. The molecule has 0 aliphatic rings. The molecule has 0 radical (unpaired) electrons. The van der Waals surface area contributed by atoms with Gasteiger partial charge < -0.3 is 16.4 Å². The van der Waals surface area contributed by atoms with E-state index in [1.54, 1.807) is 18.3 Å². The van der Waals surface area contributed by atoms with Crippen LogP contribution in [0.4, 0.5) is 26.0 Å². The monoisotopic (exact) mass is 355 g/mol. The molecule has 0 bridgehead atoms. The first-order chi connectivity index (χ1) is 12.5. The van der Waals surface area contributed by atoms with Gasteiger partial charge in [-0.3, -0.25) is 4.79 Å². The lowest BCUT2D eigenvalue weighted by Crippen LogP contribution is -2.16. The largest absolute Gasteiger partial charge is 0.382 e. The van der Waals surface area contributed by atoms with Gasteiger partial charge in [-0.15, -0.1) is 0 Å². The number of aromatic nitrogens is 2. The van der Waals surface area contributed by atoms with Crippen LogP contribution in [0, 0.1) is 11.6 Å². The first-order valence-electron chi connectivity index (χ1n) is 7.69. The highest BCUT2D eigenvalue weighted by molar-refractivity contribution is 6.03. The van der Waals surface area contributed by atoms with Crippen molar-refractivity contribution in [1.29, 1.82) is 0 Å². The maximum Gasteiger partial charge on any atom is 0.277 e. The summed E-state index contributed by atoms with van der Waals surface area (Å²) < 4.78 is 27.6. The first kappa shape index (κ1) is 17.3. The molecular formula is C18H15F2N5O. The van der Waals surface area contributed by atoms with Gasteiger partial charge in [0.25, 0.3) is 5.91 Å². The van der Waals surface area contributed by atoms with Gasteiger partial charge in [0, 0.05) is 30.2 Å². The lowest BCUT2D eigenvalue weighted by molar-refractivity contribution is 0.101. The summed E-state index contributed by atoms with van der Waals surface area (Å²) in [6.07, 6.45) is 2.87. The summed E-state index contributed by atoms with van der Waals surface area (Å²) in [7, 11) is 0. The van der Waals surface area contributed by atoms with Crippen molar-refractivity contribution in [2.45, 2.75) is 6.54 Å². The minimum absolute atomic E-state index is 0.128. The normalized spacial score (nSPS) is 10.4. The number of nitrogens with zero attached hydrogens (tertiary/aromatic N) is 2. The minimum Gasteiger partial charge on any atom is -0.382 e. The second-order valence-electron chi connectivity index (χ2n) is 5.38. The van der Waals surface area contributed by atoms with E-state index in [9.17, 15) is 13.6 Å². The smallest absolute Gasteiger partial charge is 0.277 e. The van der Waals surface area contributed by atoms with Gasteiger partial charge in [0.1, 0.15) is 11.6 Å². The predicted octanol–water partition coefficient (Wildman–Crippen LogP) is 3.20. The van der Waals surface area contributed by atoms with Crippen LogP contribution in [0.1, 0.15) is 16.1 Å². The molecular weight excluding hydrogens is 340 g/mol. The molecule has 3 aromatic rings. The summed E-state index contributed by atoms with van der Waals surface area (Å²) >= 11 is 0. The van der Waals surface area contributed by atoms with E-state index in [1.807, 2.05) is 0 Å². The van der Waals surface area contributed by atoms with E-state index in [-0.39, 0.29) is 12.2 Å². The maximum absolute atomic E-state index is 14.0. The number of halogens is 2. The number of anilines is 3. The van der Waals surface area contributed by atoms with Crippen molar-refractivity contribution in [3.8, 4) is 0 Å². The van der Waals surface area contributed by atoms with E-state index < -0.39 is 17.5 Å². The summed E-state index contributed by atoms with van der Waals surface area (Å²) in [6.45, 7) is 0.128. The van der Waals surface area contributed by atoms with Crippen LogP contribution in [-0.2, 0) is 6.54 Å². The number of amides is 1. The van der Waals surface area contributed by atoms with Gasteiger partial charge in [-0.2, -0.15) is 0 Å². The fraction of sp³-hybridized carbons (Fsp3) is 0.0556. The van der Waals surface area contributed by atoms with Crippen LogP contribution >= 0.6 is 0 Å². The van der Waals surface area contributed by atoms with Gasteiger partial charge in [0.05, 0.1) is 5.69 Å². The molecule has 132 valence electrons. The van der Waals surface area contributed by atoms with Crippen LogP contribution in [-0.4, -0.2) is 15.9 Å². The van der Waals surface area contributed by atoms with Gasteiger partial charge in [-0.05, 0) is 42.5 Å². The highest BCUT2D eigenvalue weighted by Crippen LogP contribution is 2.19. The van der Waals surface area contributed by atoms with Gasteiger partial charge in [0.2, 0.25) is 0 Å². The molecule has 0 unspecified atom stereocenters. The number of benzene rings is 1. The van der Waals surface area contributed by atoms with Gasteiger partial charge in [-0.1, -0.05) is 0 Å². The predicted molar refractivity (Wildman–Crippen MR) is 94.5 cm³/mol. The molecule has 0 fully saturated rings. The van der Waals surface area contributed by atoms with E-state index >= 15 is 0 Å². The minimum atomic E-state index is -0.735. The van der Waals surface area contributed by atoms with Crippen molar-refractivity contribution in [2.24, 2.45) is 0 Å². The zero-order valence-corrected chi connectivity index (χ0v) is 13.5. The van der Waals surface area contributed by atoms with Gasteiger partial charge in [-0.25, -0.2) is 18.7 Å². The van der Waals surface area contributed by atoms with Crippen molar-refractivity contribution in [1.82, 2.24) is 9.97 Å². The number of nitrogens with one attached hydrogen (secondary N) is 2. The number of nitrogens with two attached hydrogens (primary N) is 1. The third kappa shape index (κ3) is 3.92. The Balaban J connectivity index is 1.74. The van der Waals surface area contributed by atoms with E-state index in [4.69, 9.17) is 5.73 Å². The Morgan fingerprint density at radius 2 is 1.81 bits per heavy atom. The Labute approximate surface area is 148 Å². The van der Waals surface area contributed by atoms with Crippen molar-refractivity contribution in [3.63, 3.8) is 0 Å². The zero-order chi connectivity index (χ0) is 18.5. The van der Waals surface area contributed by atoms with Crippen molar-refractivity contribution in [2.75, 3.05) is 16.4 Å². The topological polar surface area (TPSA) is 92.9 Å². The Morgan fingerprint density at radius 3 is 2.58 bits per heavy atom. The lowest BCUT2D eigenvalue weighted by atomic mass is 10.1. The quantitative estimate of drug-likeness (QED) is 0.654. The maximum atomic E-state index is 14.0. The van der Waals surface area contributed by atoms with Crippen LogP contribution in [0.2, 0.25) is 0 Å². The number of pyridine rings is 2. The van der Waals surface area contributed by atoms with Crippen LogP contribution in [0.25, 0.3) is 0 Å². The third-order valence-electron chi connectivity index (χ3n) is 3.58. The molecule has 1 amide bonds. The number of hydrogen-bond acceptors (Lipinski definition) is 5. The summed E-state index contributed by atoms with van der Waals surface area (Å²) in [6, 6.07) is 10.00. The fourth-order valence-corrected chi connectivity index (χ4v) is 2.29. The second-order valence-corrected chi connectivity index (χ2v) is 5.38. The first-order valence-corrected chi connectivity index (χ1v) is 7.69.